The molecular weight excluding hydrogens is 297 g/mol. The van der Waals surface area contributed by atoms with E-state index in [1.807, 2.05) is 12.1 Å². The van der Waals surface area contributed by atoms with Crippen molar-refractivity contribution in [2.75, 3.05) is 6.61 Å². The van der Waals surface area contributed by atoms with Crippen molar-refractivity contribution in [3.63, 3.8) is 0 Å². The minimum Gasteiger partial charge on any atom is -0.464 e. The molecule has 0 heterocycles. The van der Waals surface area contributed by atoms with E-state index in [1.165, 1.54) is 6.92 Å². The Kier molecular flexibility index (Phi) is 4.60. The Morgan fingerprint density at radius 3 is 2.64 bits per heavy atom. The highest BCUT2D eigenvalue weighted by atomic mass is 19.4. The summed E-state index contributed by atoms with van der Waals surface area (Å²) in [5.41, 5.74) is -1.66. The van der Waals surface area contributed by atoms with Crippen LogP contribution in [-0.4, -0.2) is 29.5 Å². The zero-order valence-electron chi connectivity index (χ0n) is 12.1. The molecule has 1 aromatic rings. The van der Waals surface area contributed by atoms with Crippen molar-refractivity contribution in [2.24, 2.45) is 0 Å². The van der Waals surface area contributed by atoms with Crippen LogP contribution in [0.4, 0.5) is 13.2 Å². The summed E-state index contributed by atoms with van der Waals surface area (Å²) in [6, 6.07) is 7.06. The SMILES string of the molecule is CCOC(=O)[C@@](O)(CC1=CCCc2ccccc21)C(F)(F)F. The number of aliphatic hydroxyl groups is 1. The average molecular weight is 314 g/mol. The molecule has 0 aliphatic heterocycles. The quantitative estimate of drug-likeness (QED) is 0.868. The van der Waals surface area contributed by atoms with Gasteiger partial charge in [0.1, 0.15) is 0 Å². The molecule has 1 atom stereocenters. The second kappa shape index (κ2) is 6.12. The van der Waals surface area contributed by atoms with Gasteiger partial charge in [-0.1, -0.05) is 30.3 Å². The van der Waals surface area contributed by atoms with Gasteiger partial charge in [0, 0.05) is 6.42 Å². The van der Waals surface area contributed by atoms with Crippen molar-refractivity contribution in [2.45, 2.75) is 38.0 Å². The Morgan fingerprint density at radius 2 is 2.00 bits per heavy atom. The molecule has 0 unspecified atom stereocenters. The molecule has 22 heavy (non-hydrogen) atoms. The van der Waals surface area contributed by atoms with Gasteiger partial charge in [-0.15, -0.1) is 0 Å². The Morgan fingerprint density at radius 1 is 1.32 bits per heavy atom. The van der Waals surface area contributed by atoms with Gasteiger partial charge in [-0.05, 0) is 36.5 Å². The fourth-order valence-electron chi connectivity index (χ4n) is 2.55. The third-order valence-corrected chi connectivity index (χ3v) is 3.70. The lowest BCUT2D eigenvalue weighted by atomic mass is 9.83. The number of fused-ring (bicyclic) bond motifs is 1. The van der Waals surface area contributed by atoms with Crippen molar-refractivity contribution >= 4 is 11.5 Å². The minimum atomic E-state index is -5.10. The van der Waals surface area contributed by atoms with Crippen molar-refractivity contribution < 1.29 is 27.8 Å². The number of hydrogen-bond donors (Lipinski definition) is 1. The molecule has 0 saturated heterocycles. The van der Waals surface area contributed by atoms with Crippen molar-refractivity contribution in [1.82, 2.24) is 0 Å². The van der Waals surface area contributed by atoms with Crippen LogP contribution < -0.4 is 0 Å². The second-order valence-corrected chi connectivity index (χ2v) is 5.18. The molecule has 0 saturated carbocycles. The van der Waals surface area contributed by atoms with Crippen LogP contribution in [0.3, 0.4) is 0 Å². The zero-order valence-corrected chi connectivity index (χ0v) is 12.1. The fourth-order valence-corrected chi connectivity index (χ4v) is 2.55. The zero-order chi connectivity index (χ0) is 16.4. The van der Waals surface area contributed by atoms with E-state index in [4.69, 9.17) is 0 Å². The molecule has 0 aromatic heterocycles. The Hall–Kier alpha value is -1.82. The molecule has 1 aromatic carbocycles. The summed E-state index contributed by atoms with van der Waals surface area (Å²) in [6.07, 6.45) is -3.01. The van der Waals surface area contributed by atoms with E-state index in [2.05, 4.69) is 4.74 Å². The normalized spacial score (nSPS) is 17.2. The van der Waals surface area contributed by atoms with E-state index in [-0.39, 0.29) is 6.61 Å². The predicted molar refractivity (Wildman–Crippen MR) is 75.0 cm³/mol. The number of carbonyl (C=O) groups excluding carboxylic acids is 1. The largest absolute Gasteiger partial charge is 0.464 e. The molecular formula is C16H17F3O3. The molecule has 6 heteroatoms. The number of esters is 1. The highest BCUT2D eigenvalue weighted by Gasteiger charge is 2.61. The van der Waals surface area contributed by atoms with Gasteiger partial charge in [0.05, 0.1) is 6.61 Å². The first-order chi connectivity index (χ1) is 10.3. The summed E-state index contributed by atoms with van der Waals surface area (Å²) < 4.78 is 44.1. The highest BCUT2D eigenvalue weighted by Crippen LogP contribution is 2.40. The van der Waals surface area contributed by atoms with Crippen LogP contribution in [0.15, 0.2) is 30.3 Å². The van der Waals surface area contributed by atoms with E-state index in [0.29, 0.717) is 17.6 Å². The molecule has 0 amide bonds. The molecule has 1 aliphatic carbocycles. The summed E-state index contributed by atoms with van der Waals surface area (Å²) in [4.78, 5) is 11.7. The van der Waals surface area contributed by atoms with Crippen LogP contribution in [0.25, 0.3) is 5.57 Å². The third-order valence-electron chi connectivity index (χ3n) is 3.70. The van der Waals surface area contributed by atoms with Gasteiger partial charge in [0.2, 0.25) is 0 Å². The lowest BCUT2D eigenvalue weighted by molar-refractivity contribution is -0.260. The summed E-state index contributed by atoms with van der Waals surface area (Å²) in [6.45, 7) is 1.16. The molecule has 1 aliphatic rings. The summed E-state index contributed by atoms with van der Waals surface area (Å²) in [5, 5.41) is 9.98. The molecule has 0 fully saturated rings. The number of benzene rings is 1. The Balaban J connectivity index is 2.36. The van der Waals surface area contributed by atoms with Crippen molar-refractivity contribution in [1.29, 1.82) is 0 Å². The van der Waals surface area contributed by atoms with Gasteiger partial charge in [-0.3, -0.25) is 0 Å². The first-order valence-corrected chi connectivity index (χ1v) is 7.03. The topological polar surface area (TPSA) is 46.5 Å². The number of rotatable bonds is 4. The molecule has 1 N–H and O–H groups in total. The third kappa shape index (κ3) is 3.02. The van der Waals surface area contributed by atoms with Crippen LogP contribution in [0.5, 0.6) is 0 Å². The van der Waals surface area contributed by atoms with Gasteiger partial charge in [0.15, 0.2) is 0 Å². The van der Waals surface area contributed by atoms with Gasteiger partial charge in [-0.25, -0.2) is 4.79 Å². The smallest absolute Gasteiger partial charge is 0.428 e. The van der Waals surface area contributed by atoms with Gasteiger partial charge >= 0.3 is 12.1 Å². The van der Waals surface area contributed by atoms with Crippen molar-refractivity contribution in [3.05, 3.63) is 41.5 Å². The maximum atomic E-state index is 13.2. The molecule has 0 spiro atoms. The summed E-state index contributed by atoms with van der Waals surface area (Å²) in [7, 11) is 0. The number of halogens is 3. The number of alkyl halides is 3. The number of allylic oxidation sites excluding steroid dienone is 1. The van der Waals surface area contributed by atoms with Crippen LogP contribution in [0.1, 0.15) is 30.9 Å². The first-order valence-electron chi connectivity index (χ1n) is 7.03. The van der Waals surface area contributed by atoms with Crippen molar-refractivity contribution in [3.8, 4) is 0 Å². The molecule has 3 nitrogen and oxygen atoms in total. The van der Waals surface area contributed by atoms with E-state index in [1.54, 1.807) is 18.2 Å². The highest BCUT2D eigenvalue weighted by molar-refractivity contribution is 5.84. The van der Waals surface area contributed by atoms with Crippen LogP contribution in [0, 0.1) is 0 Å². The van der Waals surface area contributed by atoms with E-state index < -0.39 is 24.2 Å². The molecule has 120 valence electrons. The van der Waals surface area contributed by atoms with Gasteiger partial charge < -0.3 is 9.84 Å². The standard InChI is InChI=1S/C16H17F3O3/c1-2-22-14(20)15(21,16(17,18)19)10-12-8-5-7-11-6-3-4-9-13(11)12/h3-4,6,8-9,21H,2,5,7,10H2,1H3/t15-/m0/s1. The fraction of sp³-hybridized carbons (Fsp3) is 0.438. The van der Waals surface area contributed by atoms with Crippen LogP contribution >= 0.6 is 0 Å². The number of aryl methyl sites for hydroxylation is 1. The van der Waals surface area contributed by atoms with E-state index in [9.17, 15) is 23.1 Å². The lowest BCUT2D eigenvalue weighted by Crippen LogP contribution is -2.53. The number of ether oxygens (including phenoxy) is 1. The van der Waals surface area contributed by atoms with E-state index in [0.717, 1.165) is 12.0 Å². The van der Waals surface area contributed by atoms with E-state index >= 15 is 0 Å². The molecule has 0 bridgehead atoms. The number of carbonyl (C=O) groups is 1. The second-order valence-electron chi connectivity index (χ2n) is 5.18. The maximum Gasteiger partial charge on any atom is 0.428 e. The van der Waals surface area contributed by atoms with Gasteiger partial charge in [0.25, 0.3) is 5.60 Å². The van der Waals surface area contributed by atoms with Crippen LogP contribution in [0.2, 0.25) is 0 Å². The summed E-state index contributed by atoms with van der Waals surface area (Å²) in [5.74, 6) is -1.66. The Labute approximate surface area is 126 Å². The summed E-state index contributed by atoms with van der Waals surface area (Å²) >= 11 is 0. The average Bonchev–Trinajstić information content (AvgIpc) is 2.46. The lowest BCUT2D eigenvalue weighted by Gasteiger charge is -2.30. The monoisotopic (exact) mass is 314 g/mol. The van der Waals surface area contributed by atoms with Gasteiger partial charge in [-0.2, -0.15) is 13.2 Å². The predicted octanol–water partition coefficient (Wildman–Crippen LogP) is 3.26. The minimum absolute atomic E-state index is 0.229. The molecule has 2 rings (SSSR count). The first kappa shape index (κ1) is 16.5. The number of hydrogen-bond acceptors (Lipinski definition) is 3. The Bertz CT molecular complexity index is 593. The maximum absolute atomic E-state index is 13.2. The van der Waals surface area contributed by atoms with Crippen LogP contribution in [-0.2, 0) is 16.0 Å². The molecule has 0 radical (unpaired) electrons.